The van der Waals surface area contributed by atoms with Gasteiger partial charge >= 0.3 is 7.12 Å². The minimum absolute atomic E-state index is 0.0959. The number of ether oxygens (including phenoxy) is 1. The molecule has 1 atom stereocenters. The van der Waals surface area contributed by atoms with Crippen LogP contribution in [0.3, 0.4) is 0 Å². The molecule has 1 saturated heterocycles. The van der Waals surface area contributed by atoms with Crippen molar-refractivity contribution in [3.05, 3.63) is 23.8 Å². The van der Waals surface area contributed by atoms with Gasteiger partial charge in [-0.1, -0.05) is 26.0 Å². The molecule has 2 rings (SSSR count). The van der Waals surface area contributed by atoms with Crippen LogP contribution >= 0.6 is 0 Å². The molecule has 1 aromatic rings. The van der Waals surface area contributed by atoms with Gasteiger partial charge in [-0.3, -0.25) is 0 Å². The Labute approximate surface area is 140 Å². The van der Waals surface area contributed by atoms with Crippen LogP contribution < -0.4 is 10.2 Å². The largest absolute Gasteiger partial charge is 0.498 e. The summed E-state index contributed by atoms with van der Waals surface area (Å²) in [7, 11) is 1.17. The minimum atomic E-state index is -0.477. The van der Waals surface area contributed by atoms with Crippen molar-refractivity contribution < 1.29 is 19.2 Å². The Hall–Kier alpha value is -1.04. The average Bonchev–Trinajstić information content (AvgIpc) is 2.74. The maximum Gasteiger partial charge on any atom is 0.498 e. The van der Waals surface area contributed by atoms with Crippen LogP contribution in [0.2, 0.25) is 0 Å². The van der Waals surface area contributed by atoms with Gasteiger partial charge in [0.1, 0.15) is 5.75 Å². The van der Waals surface area contributed by atoms with Crippen molar-refractivity contribution in [2.24, 2.45) is 0 Å². The summed E-state index contributed by atoms with van der Waals surface area (Å²) in [6.07, 6.45) is 0.846. The van der Waals surface area contributed by atoms with Gasteiger partial charge in [0, 0.05) is 10.9 Å². The van der Waals surface area contributed by atoms with Crippen molar-refractivity contribution >= 4 is 12.6 Å². The van der Waals surface area contributed by atoms with Gasteiger partial charge in [-0.2, -0.15) is 0 Å². The molecule has 4 nitrogen and oxygen atoms in total. The van der Waals surface area contributed by atoms with Crippen LogP contribution in [0.25, 0.3) is 0 Å². The van der Waals surface area contributed by atoms with E-state index in [-0.39, 0.29) is 12.0 Å². The first-order chi connectivity index (χ1) is 10.6. The molecule has 0 bridgehead atoms. The van der Waals surface area contributed by atoms with E-state index >= 15 is 0 Å². The van der Waals surface area contributed by atoms with Crippen LogP contribution in [-0.4, -0.2) is 37.1 Å². The molecular formula is C18H29BO4. The highest BCUT2D eigenvalue weighted by Gasteiger charge is 2.52. The Balaban J connectivity index is 2.46. The Bertz CT molecular complexity index is 548. The number of benzene rings is 1. The first-order valence-corrected chi connectivity index (χ1v) is 8.25. The molecule has 0 aliphatic carbocycles. The second-order valence-corrected chi connectivity index (χ2v) is 7.62. The van der Waals surface area contributed by atoms with Crippen molar-refractivity contribution in [3.63, 3.8) is 0 Å². The van der Waals surface area contributed by atoms with E-state index in [0.717, 1.165) is 23.2 Å². The summed E-state index contributed by atoms with van der Waals surface area (Å²) in [5, 5.41) is 9.79. The standard InChI is InChI=1S/C18H29BO4/c1-8-18(6,12-20)13-9-10-15(21-7)14(11-13)19-22-16(2,3)17(4,5)23-19/h9-11,20H,8,12H2,1-7H3. The van der Waals surface area contributed by atoms with Crippen molar-refractivity contribution in [2.45, 2.75) is 64.6 Å². The number of methoxy groups -OCH3 is 1. The molecule has 23 heavy (non-hydrogen) atoms. The summed E-state index contributed by atoms with van der Waals surface area (Å²) < 4.78 is 17.8. The molecule has 5 heteroatoms. The molecule has 1 aliphatic heterocycles. The highest BCUT2D eigenvalue weighted by molar-refractivity contribution is 6.63. The lowest BCUT2D eigenvalue weighted by Crippen LogP contribution is -2.41. The summed E-state index contributed by atoms with van der Waals surface area (Å²) in [6, 6.07) is 5.98. The lowest BCUT2D eigenvalue weighted by atomic mass is 9.73. The van der Waals surface area contributed by atoms with Gasteiger partial charge in [-0.25, -0.2) is 0 Å². The second-order valence-electron chi connectivity index (χ2n) is 7.62. The molecule has 0 saturated carbocycles. The SMILES string of the molecule is CCC(C)(CO)c1ccc(OC)c(B2OC(C)(C)C(C)(C)O2)c1. The zero-order valence-electron chi connectivity index (χ0n) is 15.4. The summed E-state index contributed by atoms with van der Waals surface area (Å²) in [5.74, 6) is 0.739. The lowest BCUT2D eigenvalue weighted by Gasteiger charge is -2.32. The van der Waals surface area contributed by atoms with Crippen molar-refractivity contribution in [2.75, 3.05) is 13.7 Å². The monoisotopic (exact) mass is 320 g/mol. The summed E-state index contributed by atoms with van der Waals surface area (Å²) >= 11 is 0. The molecule has 0 spiro atoms. The summed E-state index contributed by atoms with van der Waals surface area (Å²) in [6.45, 7) is 12.4. The first kappa shape index (κ1) is 18.3. The second kappa shape index (κ2) is 6.12. The quantitative estimate of drug-likeness (QED) is 0.848. The van der Waals surface area contributed by atoms with E-state index in [1.165, 1.54) is 0 Å². The molecule has 0 radical (unpaired) electrons. The van der Waals surface area contributed by atoms with Crippen LogP contribution in [0.4, 0.5) is 0 Å². The smallest absolute Gasteiger partial charge is 0.497 e. The molecule has 1 aliphatic rings. The number of aliphatic hydroxyl groups excluding tert-OH is 1. The molecule has 1 heterocycles. The number of rotatable bonds is 5. The van der Waals surface area contributed by atoms with E-state index in [1.807, 2.05) is 45.9 Å². The Morgan fingerprint density at radius 1 is 1.17 bits per heavy atom. The third-order valence-electron chi connectivity index (χ3n) is 5.56. The van der Waals surface area contributed by atoms with Crippen LogP contribution in [0.1, 0.15) is 53.5 Å². The highest BCUT2D eigenvalue weighted by Crippen LogP contribution is 2.37. The molecule has 128 valence electrons. The van der Waals surface area contributed by atoms with E-state index in [9.17, 15) is 5.11 Å². The third kappa shape index (κ3) is 3.15. The molecular weight excluding hydrogens is 291 g/mol. The van der Waals surface area contributed by atoms with Crippen molar-refractivity contribution in [1.29, 1.82) is 0 Å². The maximum absolute atomic E-state index is 9.79. The Kier molecular flexibility index (Phi) is 4.87. The molecule has 1 N–H and O–H groups in total. The van der Waals surface area contributed by atoms with Crippen LogP contribution in [-0.2, 0) is 14.7 Å². The fourth-order valence-corrected chi connectivity index (χ4v) is 2.67. The Morgan fingerprint density at radius 2 is 1.74 bits per heavy atom. The normalized spacial score (nSPS) is 22.0. The van der Waals surface area contributed by atoms with Gasteiger partial charge in [0.2, 0.25) is 0 Å². The van der Waals surface area contributed by atoms with Gasteiger partial charge in [-0.05, 0) is 45.7 Å². The fourth-order valence-electron chi connectivity index (χ4n) is 2.67. The van der Waals surface area contributed by atoms with Gasteiger partial charge in [0.25, 0.3) is 0 Å². The molecule has 0 aromatic heterocycles. The third-order valence-corrected chi connectivity index (χ3v) is 5.56. The maximum atomic E-state index is 9.79. The zero-order valence-corrected chi connectivity index (χ0v) is 15.4. The van der Waals surface area contributed by atoms with Crippen LogP contribution in [0, 0.1) is 0 Å². The molecule has 1 fully saturated rings. The van der Waals surface area contributed by atoms with Gasteiger partial charge in [-0.15, -0.1) is 0 Å². The zero-order chi connectivity index (χ0) is 17.5. The van der Waals surface area contributed by atoms with Crippen molar-refractivity contribution in [1.82, 2.24) is 0 Å². The molecule has 0 amide bonds. The molecule has 1 aromatic carbocycles. The first-order valence-electron chi connectivity index (χ1n) is 8.25. The topological polar surface area (TPSA) is 47.9 Å². The van der Waals surface area contributed by atoms with Gasteiger partial charge in [0.05, 0.1) is 24.9 Å². The number of aliphatic hydroxyl groups is 1. The summed E-state index contributed by atoms with van der Waals surface area (Å²) in [4.78, 5) is 0. The van der Waals surface area contributed by atoms with E-state index in [0.29, 0.717) is 0 Å². The summed E-state index contributed by atoms with van der Waals surface area (Å²) in [5.41, 5.74) is 0.850. The predicted molar refractivity (Wildman–Crippen MR) is 93.4 cm³/mol. The highest BCUT2D eigenvalue weighted by atomic mass is 16.7. The fraction of sp³-hybridized carbons (Fsp3) is 0.667. The van der Waals surface area contributed by atoms with E-state index in [1.54, 1.807) is 7.11 Å². The van der Waals surface area contributed by atoms with Crippen LogP contribution in [0.5, 0.6) is 5.75 Å². The molecule has 1 unspecified atom stereocenters. The average molecular weight is 320 g/mol. The number of hydrogen-bond acceptors (Lipinski definition) is 4. The van der Waals surface area contributed by atoms with E-state index in [4.69, 9.17) is 14.0 Å². The van der Waals surface area contributed by atoms with E-state index in [2.05, 4.69) is 13.8 Å². The van der Waals surface area contributed by atoms with Gasteiger partial charge in [0.15, 0.2) is 0 Å². The van der Waals surface area contributed by atoms with Crippen molar-refractivity contribution in [3.8, 4) is 5.75 Å². The number of hydrogen-bond donors (Lipinski definition) is 1. The lowest BCUT2D eigenvalue weighted by molar-refractivity contribution is 0.00578. The van der Waals surface area contributed by atoms with Gasteiger partial charge < -0.3 is 19.2 Å². The van der Waals surface area contributed by atoms with Crippen LogP contribution in [0.15, 0.2) is 18.2 Å². The minimum Gasteiger partial charge on any atom is -0.497 e. The predicted octanol–water partition coefficient (Wildman–Crippen LogP) is 2.65. The Morgan fingerprint density at radius 3 is 2.17 bits per heavy atom. The van der Waals surface area contributed by atoms with E-state index < -0.39 is 18.3 Å².